The minimum Gasteiger partial charge on any atom is -0.606 e. The Labute approximate surface area is 175 Å². The lowest BCUT2D eigenvalue weighted by molar-refractivity contribution is 0.0947. The first-order chi connectivity index (χ1) is 14.0. The highest BCUT2D eigenvalue weighted by Crippen LogP contribution is 2.37. The van der Waals surface area contributed by atoms with Crippen LogP contribution in [0.2, 0.25) is 0 Å². The SMILES string of the molecule is CCN1C(=O)c2ccccc2[S+]([O-])c2ccc(C(=O)NCc3csc(C)n3)cc21. The van der Waals surface area contributed by atoms with E-state index in [2.05, 4.69) is 10.3 Å². The molecule has 148 valence electrons. The molecule has 2 amide bonds. The van der Waals surface area contributed by atoms with E-state index in [1.54, 1.807) is 47.4 Å². The van der Waals surface area contributed by atoms with Crippen molar-refractivity contribution in [3.05, 3.63) is 69.7 Å². The van der Waals surface area contributed by atoms with E-state index in [1.165, 1.54) is 11.3 Å². The molecule has 4 rings (SSSR count). The van der Waals surface area contributed by atoms with E-state index < -0.39 is 11.2 Å². The summed E-state index contributed by atoms with van der Waals surface area (Å²) in [5, 5.41) is 5.70. The maximum Gasteiger partial charge on any atom is 0.263 e. The van der Waals surface area contributed by atoms with Crippen LogP contribution in [0, 0.1) is 6.92 Å². The first-order valence-electron chi connectivity index (χ1n) is 9.15. The molecule has 29 heavy (non-hydrogen) atoms. The summed E-state index contributed by atoms with van der Waals surface area (Å²) in [6.45, 7) is 4.50. The molecule has 3 aromatic rings. The van der Waals surface area contributed by atoms with Crippen LogP contribution in [0.15, 0.2) is 57.6 Å². The van der Waals surface area contributed by atoms with Gasteiger partial charge in [0.05, 0.1) is 22.8 Å². The van der Waals surface area contributed by atoms with Gasteiger partial charge in [-0.05, 0) is 44.2 Å². The van der Waals surface area contributed by atoms with Crippen LogP contribution in [0.4, 0.5) is 5.69 Å². The van der Waals surface area contributed by atoms with E-state index in [9.17, 15) is 14.1 Å². The number of aryl methyl sites for hydroxylation is 1. The molecule has 0 aliphatic carbocycles. The van der Waals surface area contributed by atoms with Crippen LogP contribution < -0.4 is 10.2 Å². The van der Waals surface area contributed by atoms with E-state index in [0.29, 0.717) is 39.7 Å². The molecule has 0 radical (unpaired) electrons. The molecule has 1 N–H and O–H groups in total. The summed E-state index contributed by atoms with van der Waals surface area (Å²) in [6, 6.07) is 11.9. The highest BCUT2D eigenvalue weighted by atomic mass is 32.2. The number of nitrogens with zero attached hydrogens (tertiary/aromatic N) is 2. The molecule has 1 unspecified atom stereocenters. The van der Waals surface area contributed by atoms with E-state index in [0.717, 1.165) is 10.7 Å². The number of fused-ring (bicyclic) bond motifs is 2. The Bertz CT molecular complexity index is 1100. The van der Waals surface area contributed by atoms with Crippen LogP contribution in [0.1, 0.15) is 38.3 Å². The molecule has 0 spiro atoms. The number of thiazole rings is 1. The predicted molar refractivity (Wildman–Crippen MR) is 113 cm³/mol. The number of rotatable bonds is 4. The quantitative estimate of drug-likeness (QED) is 0.648. The molecule has 0 saturated heterocycles. The molecule has 0 bridgehead atoms. The average molecular weight is 426 g/mol. The second-order valence-corrected chi connectivity index (χ2v) is 9.02. The summed E-state index contributed by atoms with van der Waals surface area (Å²) in [6.07, 6.45) is 0. The Balaban J connectivity index is 1.67. The lowest BCUT2D eigenvalue weighted by atomic mass is 10.1. The Kier molecular flexibility index (Phi) is 5.40. The minimum atomic E-state index is -1.51. The zero-order chi connectivity index (χ0) is 20.5. The Morgan fingerprint density at radius 2 is 2.03 bits per heavy atom. The molecule has 2 aromatic carbocycles. The zero-order valence-corrected chi connectivity index (χ0v) is 17.6. The molecular formula is C21H19N3O3S2. The van der Waals surface area contributed by atoms with Gasteiger partial charge in [0, 0.05) is 28.7 Å². The first-order valence-corrected chi connectivity index (χ1v) is 11.2. The maximum atomic E-state index is 13.2. The molecular weight excluding hydrogens is 406 g/mol. The molecule has 1 atom stereocenters. The molecule has 8 heteroatoms. The monoisotopic (exact) mass is 425 g/mol. The molecule has 6 nitrogen and oxygen atoms in total. The fourth-order valence-electron chi connectivity index (χ4n) is 3.28. The van der Waals surface area contributed by atoms with Crippen molar-refractivity contribution in [2.24, 2.45) is 0 Å². The zero-order valence-electron chi connectivity index (χ0n) is 16.0. The molecule has 1 aliphatic rings. The Morgan fingerprint density at radius 1 is 1.24 bits per heavy atom. The van der Waals surface area contributed by atoms with Gasteiger partial charge < -0.3 is 14.8 Å². The van der Waals surface area contributed by atoms with Crippen molar-refractivity contribution in [3.8, 4) is 0 Å². The Morgan fingerprint density at radius 3 is 2.76 bits per heavy atom. The summed E-state index contributed by atoms with van der Waals surface area (Å²) in [5.41, 5.74) is 2.14. The van der Waals surface area contributed by atoms with Crippen molar-refractivity contribution >= 4 is 40.0 Å². The van der Waals surface area contributed by atoms with Crippen LogP contribution in [0.5, 0.6) is 0 Å². The van der Waals surface area contributed by atoms with Gasteiger partial charge in [0.2, 0.25) is 0 Å². The third kappa shape index (κ3) is 3.66. The summed E-state index contributed by atoms with van der Waals surface area (Å²) >= 11 is 0.0247. The normalized spacial score (nSPS) is 15.5. The smallest absolute Gasteiger partial charge is 0.263 e. The van der Waals surface area contributed by atoms with Gasteiger partial charge >= 0.3 is 0 Å². The maximum absolute atomic E-state index is 13.2. The van der Waals surface area contributed by atoms with E-state index >= 15 is 0 Å². The van der Waals surface area contributed by atoms with Gasteiger partial charge in [-0.25, -0.2) is 4.98 Å². The highest BCUT2D eigenvalue weighted by Gasteiger charge is 2.35. The van der Waals surface area contributed by atoms with Crippen molar-refractivity contribution in [1.82, 2.24) is 10.3 Å². The summed E-state index contributed by atoms with van der Waals surface area (Å²) in [7, 11) is 0. The predicted octanol–water partition coefficient (Wildman–Crippen LogP) is 3.53. The number of aromatic nitrogens is 1. The standard InChI is InChI=1S/C21H19N3O3S2/c1-3-24-17-10-14(20(25)22-11-15-12-28-13(2)23-15)8-9-19(17)29(27)18-7-5-4-6-16(18)21(24)26/h4-10,12H,3,11H2,1-2H3,(H,22,25). The first kappa shape index (κ1) is 19.6. The van der Waals surface area contributed by atoms with Crippen molar-refractivity contribution in [3.63, 3.8) is 0 Å². The second-order valence-electron chi connectivity index (χ2n) is 6.54. The van der Waals surface area contributed by atoms with Gasteiger partial charge in [0.15, 0.2) is 9.79 Å². The summed E-state index contributed by atoms with van der Waals surface area (Å²) in [4.78, 5) is 32.6. The number of nitrogens with one attached hydrogen (secondary N) is 1. The number of anilines is 1. The number of hydrogen-bond acceptors (Lipinski definition) is 5. The number of carbonyl (C=O) groups is 2. The van der Waals surface area contributed by atoms with Gasteiger partial charge in [-0.1, -0.05) is 12.1 Å². The van der Waals surface area contributed by atoms with Crippen LogP contribution in [-0.4, -0.2) is 27.9 Å². The molecule has 2 heterocycles. The molecule has 0 fully saturated rings. The topological polar surface area (TPSA) is 85.4 Å². The minimum absolute atomic E-state index is 0.217. The van der Waals surface area contributed by atoms with Crippen LogP contribution >= 0.6 is 11.3 Å². The average Bonchev–Trinajstić information content (AvgIpc) is 3.13. The largest absolute Gasteiger partial charge is 0.606 e. The van der Waals surface area contributed by atoms with Gasteiger partial charge in [-0.2, -0.15) is 0 Å². The summed E-state index contributed by atoms with van der Waals surface area (Å²) < 4.78 is 13.2. The summed E-state index contributed by atoms with van der Waals surface area (Å²) in [5.74, 6) is -0.486. The molecule has 0 saturated carbocycles. The van der Waals surface area contributed by atoms with E-state index in [1.807, 2.05) is 19.2 Å². The highest BCUT2D eigenvalue weighted by molar-refractivity contribution is 7.91. The number of hydrogen-bond donors (Lipinski definition) is 1. The van der Waals surface area contributed by atoms with Crippen molar-refractivity contribution in [2.45, 2.75) is 30.2 Å². The van der Waals surface area contributed by atoms with Gasteiger partial charge in [-0.3, -0.25) is 9.59 Å². The van der Waals surface area contributed by atoms with Crippen molar-refractivity contribution in [1.29, 1.82) is 0 Å². The second kappa shape index (κ2) is 7.98. The third-order valence-corrected chi connectivity index (χ3v) is 7.01. The Hall–Kier alpha value is -2.68. The van der Waals surface area contributed by atoms with Gasteiger partial charge in [0.1, 0.15) is 5.69 Å². The van der Waals surface area contributed by atoms with Crippen LogP contribution in [0.3, 0.4) is 0 Å². The molecule has 1 aromatic heterocycles. The van der Waals surface area contributed by atoms with Crippen molar-refractivity contribution < 1.29 is 14.1 Å². The van der Waals surface area contributed by atoms with Crippen molar-refractivity contribution in [2.75, 3.05) is 11.4 Å². The van der Waals surface area contributed by atoms with Gasteiger partial charge in [0.25, 0.3) is 11.8 Å². The van der Waals surface area contributed by atoms with Crippen LogP contribution in [0.25, 0.3) is 0 Å². The fraction of sp³-hybridized carbons (Fsp3) is 0.190. The lowest BCUT2D eigenvalue weighted by Gasteiger charge is -2.20. The van der Waals surface area contributed by atoms with Crippen LogP contribution in [-0.2, 0) is 17.7 Å². The number of benzene rings is 2. The van der Waals surface area contributed by atoms with E-state index in [-0.39, 0.29) is 11.8 Å². The fourth-order valence-corrected chi connectivity index (χ4v) is 5.24. The third-order valence-electron chi connectivity index (χ3n) is 4.69. The number of carbonyl (C=O) groups excluding carboxylic acids is 2. The molecule has 1 aliphatic heterocycles. The van der Waals surface area contributed by atoms with Gasteiger partial charge in [-0.15, -0.1) is 11.3 Å². The lowest BCUT2D eigenvalue weighted by Crippen LogP contribution is -2.31. The van der Waals surface area contributed by atoms with E-state index in [4.69, 9.17) is 0 Å². The number of amides is 2.